The number of nitrogens with one attached hydrogen (secondary N) is 2. The first-order chi connectivity index (χ1) is 15.3. The average Bonchev–Trinajstić information content (AvgIpc) is 3.02. The molecule has 2 fully saturated rings. The number of imide groups is 1. The van der Waals surface area contributed by atoms with Gasteiger partial charge in [0.2, 0.25) is 0 Å². The van der Waals surface area contributed by atoms with Gasteiger partial charge in [-0.1, -0.05) is 19.1 Å². The highest BCUT2D eigenvalue weighted by Crippen LogP contribution is 2.33. The highest BCUT2D eigenvalue weighted by Gasteiger charge is 2.47. The highest BCUT2D eigenvalue weighted by molar-refractivity contribution is 6.07. The molecule has 2 saturated heterocycles. The molecule has 172 valence electrons. The maximum atomic E-state index is 13.0. The van der Waals surface area contributed by atoms with Crippen LogP contribution in [0, 0.1) is 0 Å². The van der Waals surface area contributed by atoms with E-state index < -0.39 is 29.5 Å². The van der Waals surface area contributed by atoms with Crippen molar-refractivity contribution in [3.63, 3.8) is 0 Å². The van der Waals surface area contributed by atoms with Crippen molar-refractivity contribution in [1.29, 1.82) is 0 Å². The molecule has 10 nitrogen and oxygen atoms in total. The number of rotatable bonds is 5. The first-order valence-corrected chi connectivity index (χ1v) is 11.1. The summed E-state index contributed by atoms with van der Waals surface area (Å²) in [4.78, 5) is 54.1. The number of hydrogen-bond donors (Lipinski definition) is 2. The number of amides is 5. The fraction of sp³-hybridized carbons (Fsp3) is 0.545. The standard InChI is InChI=1S/C22H29N5O5/c1-3-22(2)20(30)27(21(31)23-22)24-18(28)14-26-13-17(19(29)25-11-7-4-8-12-25)32-16-10-6-5-9-15(16)26/h5-6,9-10,17H,3-4,7-8,11-14H2,1-2H3,(H,23,31)(H,24,28). The third-order valence-corrected chi connectivity index (χ3v) is 6.34. The Bertz CT molecular complexity index is 931. The molecule has 3 aliphatic rings. The summed E-state index contributed by atoms with van der Waals surface area (Å²) in [5.74, 6) is -0.596. The first-order valence-electron chi connectivity index (χ1n) is 11.1. The Morgan fingerprint density at radius 2 is 1.91 bits per heavy atom. The first kappa shape index (κ1) is 21.9. The van der Waals surface area contributed by atoms with Crippen LogP contribution in [-0.2, 0) is 14.4 Å². The lowest BCUT2D eigenvalue weighted by Gasteiger charge is -2.38. The minimum absolute atomic E-state index is 0.0857. The van der Waals surface area contributed by atoms with Gasteiger partial charge in [-0.3, -0.25) is 19.8 Å². The van der Waals surface area contributed by atoms with E-state index in [1.807, 2.05) is 23.1 Å². The summed E-state index contributed by atoms with van der Waals surface area (Å²) in [6.07, 6.45) is 2.75. The van der Waals surface area contributed by atoms with E-state index in [0.29, 0.717) is 30.9 Å². The van der Waals surface area contributed by atoms with Crippen molar-refractivity contribution in [3.8, 4) is 5.75 Å². The molecule has 1 aromatic carbocycles. The topological polar surface area (TPSA) is 111 Å². The fourth-order valence-corrected chi connectivity index (χ4v) is 4.26. The van der Waals surface area contributed by atoms with Crippen LogP contribution in [0.3, 0.4) is 0 Å². The van der Waals surface area contributed by atoms with Crippen LogP contribution in [0.4, 0.5) is 10.5 Å². The van der Waals surface area contributed by atoms with Gasteiger partial charge in [0, 0.05) is 13.1 Å². The predicted molar refractivity (Wildman–Crippen MR) is 116 cm³/mol. The SMILES string of the molecule is CCC1(C)NC(=O)N(NC(=O)CN2CC(C(=O)N3CCCCC3)Oc3ccccc32)C1=O. The van der Waals surface area contributed by atoms with Crippen LogP contribution in [0.15, 0.2) is 24.3 Å². The van der Waals surface area contributed by atoms with E-state index in [4.69, 9.17) is 4.74 Å². The van der Waals surface area contributed by atoms with Gasteiger partial charge in [-0.2, -0.15) is 5.01 Å². The van der Waals surface area contributed by atoms with Gasteiger partial charge in [0.15, 0.2) is 6.10 Å². The Labute approximate surface area is 186 Å². The lowest BCUT2D eigenvalue weighted by Crippen LogP contribution is -2.55. The number of para-hydroxylation sites is 2. The molecule has 0 saturated carbocycles. The number of fused-ring (bicyclic) bond motifs is 1. The van der Waals surface area contributed by atoms with Gasteiger partial charge in [0.1, 0.15) is 11.3 Å². The van der Waals surface area contributed by atoms with Crippen molar-refractivity contribution in [2.45, 2.75) is 51.2 Å². The third-order valence-electron chi connectivity index (χ3n) is 6.34. The maximum Gasteiger partial charge on any atom is 0.344 e. The summed E-state index contributed by atoms with van der Waals surface area (Å²) >= 11 is 0. The number of ether oxygens (including phenoxy) is 1. The minimum Gasteiger partial charge on any atom is -0.477 e. The van der Waals surface area contributed by atoms with E-state index in [-0.39, 0.29) is 19.0 Å². The molecule has 3 aliphatic heterocycles. The molecule has 0 spiro atoms. The van der Waals surface area contributed by atoms with E-state index >= 15 is 0 Å². The van der Waals surface area contributed by atoms with Crippen molar-refractivity contribution < 1.29 is 23.9 Å². The number of piperidine rings is 1. The number of hydrogen-bond acceptors (Lipinski definition) is 6. The molecule has 4 rings (SSSR count). The zero-order chi connectivity index (χ0) is 22.9. The molecule has 0 aliphatic carbocycles. The molecular formula is C22H29N5O5. The van der Waals surface area contributed by atoms with Crippen LogP contribution >= 0.6 is 0 Å². The smallest absolute Gasteiger partial charge is 0.344 e. The van der Waals surface area contributed by atoms with Gasteiger partial charge >= 0.3 is 6.03 Å². The molecule has 10 heteroatoms. The second-order valence-corrected chi connectivity index (χ2v) is 8.63. The summed E-state index contributed by atoms with van der Waals surface area (Å²) in [5, 5.41) is 3.33. The molecule has 0 aromatic heterocycles. The van der Waals surface area contributed by atoms with Gasteiger partial charge in [0.25, 0.3) is 17.7 Å². The third kappa shape index (κ3) is 4.09. The average molecular weight is 444 g/mol. The Hall–Kier alpha value is -3.30. The molecule has 2 N–H and O–H groups in total. The minimum atomic E-state index is -1.04. The molecule has 32 heavy (non-hydrogen) atoms. The number of urea groups is 1. The summed E-state index contributed by atoms with van der Waals surface area (Å²) in [7, 11) is 0. The van der Waals surface area contributed by atoms with E-state index in [0.717, 1.165) is 24.3 Å². The van der Waals surface area contributed by atoms with Crippen molar-refractivity contribution in [1.82, 2.24) is 20.7 Å². The number of anilines is 1. The molecule has 1 aromatic rings. The number of likely N-dealkylation sites (tertiary alicyclic amines) is 1. The Morgan fingerprint density at radius 1 is 1.19 bits per heavy atom. The van der Waals surface area contributed by atoms with Gasteiger partial charge in [-0.15, -0.1) is 0 Å². The number of benzene rings is 1. The number of nitrogens with zero attached hydrogens (tertiary/aromatic N) is 3. The van der Waals surface area contributed by atoms with E-state index in [2.05, 4.69) is 10.7 Å². The predicted octanol–water partition coefficient (Wildman–Crippen LogP) is 1.02. The van der Waals surface area contributed by atoms with Crippen molar-refractivity contribution in [2.75, 3.05) is 31.1 Å². The molecule has 0 radical (unpaired) electrons. The lowest BCUT2D eigenvalue weighted by atomic mass is 10.00. The summed E-state index contributed by atoms with van der Waals surface area (Å²) in [5.41, 5.74) is 2.05. The Kier molecular flexibility index (Phi) is 5.94. The number of carbonyl (C=O) groups excluding carboxylic acids is 4. The van der Waals surface area contributed by atoms with Gasteiger partial charge in [-0.25, -0.2) is 4.79 Å². The quantitative estimate of drug-likeness (QED) is 0.658. The summed E-state index contributed by atoms with van der Waals surface area (Å²) in [6, 6.07) is 6.55. The van der Waals surface area contributed by atoms with Crippen molar-refractivity contribution in [2.24, 2.45) is 0 Å². The summed E-state index contributed by atoms with van der Waals surface area (Å²) in [6.45, 7) is 4.89. The van der Waals surface area contributed by atoms with Crippen LogP contribution < -0.4 is 20.4 Å². The molecular weight excluding hydrogens is 414 g/mol. The lowest BCUT2D eigenvalue weighted by molar-refractivity contribution is -0.139. The Morgan fingerprint density at radius 3 is 2.59 bits per heavy atom. The second kappa shape index (κ2) is 8.68. The van der Waals surface area contributed by atoms with Crippen LogP contribution in [0.5, 0.6) is 5.75 Å². The van der Waals surface area contributed by atoms with Crippen LogP contribution in [0.2, 0.25) is 0 Å². The van der Waals surface area contributed by atoms with E-state index in [9.17, 15) is 19.2 Å². The molecule has 0 bridgehead atoms. The molecule has 3 heterocycles. The van der Waals surface area contributed by atoms with E-state index in [1.165, 1.54) is 0 Å². The van der Waals surface area contributed by atoms with Crippen LogP contribution in [0.25, 0.3) is 0 Å². The van der Waals surface area contributed by atoms with Crippen LogP contribution in [-0.4, -0.2) is 71.5 Å². The van der Waals surface area contributed by atoms with Crippen molar-refractivity contribution in [3.05, 3.63) is 24.3 Å². The van der Waals surface area contributed by atoms with Gasteiger partial charge in [0.05, 0.1) is 18.8 Å². The number of carbonyl (C=O) groups is 4. The largest absolute Gasteiger partial charge is 0.477 e. The summed E-state index contributed by atoms with van der Waals surface area (Å²) < 4.78 is 5.97. The van der Waals surface area contributed by atoms with Gasteiger partial charge in [-0.05, 0) is 44.7 Å². The van der Waals surface area contributed by atoms with Gasteiger partial charge < -0.3 is 19.9 Å². The Balaban J connectivity index is 1.47. The van der Waals surface area contributed by atoms with E-state index in [1.54, 1.807) is 24.8 Å². The van der Waals surface area contributed by atoms with Crippen molar-refractivity contribution >= 4 is 29.4 Å². The molecule has 2 unspecified atom stereocenters. The number of hydrazine groups is 1. The maximum absolute atomic E-state index is 13.0. The second-order valence-electron chi connectivity index (χ2n) is 8.63. The normalized spacial score (nSPS) is 25.2. The van der Waals surface area contributed by atoms with Crippen LogP contribution in [0.1, 0.15) is 39.5 Å². The fourth-order valence-electron chi connectivity index (χ4n) is 4.26. The monoisotopic (exact) mass is 443 g/mol. The highest BCUT2D eigenvalue weighted by atomic mass is 16.5. The zero-order valence-electron chi connectivity index (χ0n) is 18.4. The molecule has 5 amide bonds. The molecule has 2 atom stereocenters. The zero-order valence-corrected chi connectivity index (χ0v) is 18.4.